The Morgan fingerprint density at radius 2 is 2.19 bits per heavy atom. The van der Waals surface area contributed by atoms with Crippen LogP contribution in [0.4, 0.5) is 4.39 Å². The van der Waals surface area contributed by atoms with Crippen LogP contribution in [0.25, 0.3) is 16.9 Å². The van der Waals surface area contributed by atoms with Gasteiger partial charge in [0, 0.05) is 17.3 Å². The van der Waals surface area contributed by atoms with Gasteiger partial charge in [0.05, 0.1) is 17.5 Å². The molecule has 1 N–H and O–H groups in total. The minimum absolute atomic E-state index is 0.0449. The number of hydrogen-bond donors (Lipinski definition) is 1. The van der Waals surface area contributed by atoms with E-state index in [1.807, 2.05) is 19.9 Å². The number of halogens is 1. The van der Waals surface area contributed by atoms with E-state index < -0.39 is 5.82 Å². The van der Waals surface area contributed by atoms with Gasteiger partial charge in [0.2, 0.25) is 0 Å². The summed E-state index contributed by atoms with van der Waals surface area (Å²) in [7, 11) is 0. The normalized spacial score (nSPS) is 14.7. The van der Waals surface area contributed by atoms with Crippen molar-refractivity contribution >= 4 is 11.6 Å². The zero-order valence-electron chi connectivity index (χ0n) is 15.0. The molecular formula is C20H18FN5O. The van der Waals surface area contributed by atoms with Crippen molar-refractivity contribution in [1.82, 2.24) is 19.9 Å². The van der Waals surface area contributed by atoms with Crippen LogP contribution >= 0.6 is 0 Å². The third-order valence-corrected chi connectivity index (χ3v) is 4.96. The van der Waals surface area contributed by atoms with Crippen molar-refractivity contribution < 1.29 is 9.18 Å². The molecule has 1 atom stereocenters. The minimum atomic E-state index is -0.572. The fourth-order valence-electron chi connectivity index (χ4n) is 3.19. The number of carbonyl (C=O) groups is 1. The number of carbonyl (C=O) groups excluding carboxylic acids is 1. The van der Waals surface area contributed by atoms with Gasteiger partial charge >= 0.3 is 0 Å². The molecule has 1 aliphatic rings. The van der Waals surface area contributed by atoms with E-state index in [0.29, 0.717) is 28.4 Å². The molecule has 0 bridgehead atoms. The molecule has 2 aromatic heterocycles. The maximum absolute atomic E-state index is 13.6. The summed E-state index contributed by atoms with van der Waals surface area (Å²) in [5.74, 6) is -0.229. The summed E-state index contributed by atoms with van der Waals surface area (Å²) in [6.45, 7) is 3.86. The number of nitrogens with one attached hydrogen (secondary N) is 1. The maximum atomic E-state index is 13.6. The molecule has 0 unspecified atom stereocenters. The van der Waals surface area contributed by atoms with Crippen molar-refractivity contribution in [2.24, 2.45) is 5.92 Å². The van der Waals surface area contributed by atoms with Crippen LogP contribution < -0.4 is 5.32 Å². The molecule has 7 heteroatoms. The lowest BCUT2D eigenvalue weighted by molar-refractivity contribution is 0.0937. The molecule has 1 fully saturated rings. The van der Waals surface area contributed by atoms with Gasteiger partial charge in [-0.1, -0.05) is 0 Å². The number of nitrogens with zero attached hydrogens (tertiary/aromatic N) is 4. The monoisotopic (exact) mass is 363 g/mol. The molecule has 136 valence electrons. The van der Waals surface area contributed by atoms with E-state index in [-0.39, 0.29) is 17.5 Å². The van der Waals surface area contributed by atoms with E-state index in [4.69, 9.17) is 5.26 Å². The van der Waals surface area contributed by atoms with Crippen molar-refractivity contribution in [2.75, 3.05) is 0 Å². The molecule has 1 aromatic carbocycles. The summed E-state index contributed by atoms with van der Waals surface area (Å²) >= 11 is 0. The second-order valence-electron chi connectivity index (χ2n) is 6.98. The highest BCUT2D eigenvalue weighted by molar-refractivity contribution is 6.00. The van der Waals surface area contributed by atoms with Gasteiger partial charge in [-0.25, -0.2) is 13.9 Å². The topological polar surface area (TPSA) is 83.1 Å². The molecule has 2 heterocycles. The molecule has 3 aromatic rings. The molecule has 0 aliphatic heterocycles. The Morgan fingerprint density at radius 3 is 2.89 bits per heavy atom. The number of aromatic nitrogens is 3. The molecule has 27 heavy (non-hydrogen) atoms. The van der Waals surface area contributed by atoms with Gasteiger partial charge in [0.15, 0.2) is 5.65 Å². The van der Waals surface area contributed by atoms with Crippen LogP contribution in [0.15, 0.2) is 30.5 Å². The Bertz CT molecular complexity index is 1090. The van der Waals surface area contributed by atoms with Gasteiger partial charge in [0.1, 0.15) is 17.4 Å². The first-order chi connectivity index (χ1) is 13.0. The second-order valence-corrected chi connectivity index (χ2v) is 6.98. The molecule has 0 radical (unpaired) electrons. The smallest absolute Gasteiger partial charge is 0.256 e. The maximum Gasteiger partial charge on any atom is 0.256 e. The number of rotatable bonds is 4. The number of nitriles is 1. The Morgan fingerprint density at radius 1 is 1.41 bits per heavy atom. The SMILES string of the molecule is Cc1cc(-c2ccc(F)c(C#N)c2)nc2c(C(=O)N[C@@H](C)C3CC3)cnn12. The largest absolute Gasteiger partial charge is 0.349 e. The molecule has 4 rings (SSSR count). The first-order valence-electron chi connectivity index (χ1n) is 8.84. The first-order valence-corrected chi connectivity index (χ1v) is 8.84. The van der Waals surface area contributed by atoms with Crippen molar-refractivity contribution in [3.63, 3.8) is 0 Å². The van der Waals surface area contributed by atoms with Gasteiger partial charge < -0.3 is 5.32 Å². The lowest BCUT2D eigenvalue weighted by Gasteiger charge is -2.12. The van der Waals surface area contributed by atoms with Gasteiger partial charge in [-0.2, -0.15) is 10.4 Å². The third-order valence-electron chi connectivity index (χ3n) is 4.96. The quantitative estimate of drug-likeness (QED) is 0.771. The number of amides is 1. The minimum Gasteiger partial charge on any atom is -0.349 e. The molecular weight excluding hydrogens is 345 g/mol. The van der Waals surface area contributed by atoms with Gasteiger partial charge in [0.25, 0.3) is 5.91 Å². The lowest BCUT2D eigenvalue weighted by Crippen LogP contribution is -2.34. The van der Waals surface area contributed by atoms with Crippen molar-refractivity contribution in [3.05, 3.63) is 53.1 Å². The van der Waals surface area contributed by atoms with Crippen LogP contribution in [0.1, 0.15) is 41.4 Å². The molecule has 1 saturated carbocycles. The zero-order valence-corrected chi connectivity index (χ0v) is 15.0. The van der Waals surface area contributed by atoms with Crippen LogP contribution in [-0.4, -0.2) is 26.5 Å². The highest BCUT2D eigenvalue weighted by atomic mass is 19.1. The van der Waals surface area contributed by atoms with Crippen molar-refractivity contribution in [2.45, 2.75) is 32.7 Å². The van der Waals surface area contributed by atoms with Crippen LogP contribution in [0, 0.1) is 30.0 Å². The third kappa shape index (κ3) is 3.14. The van der Waals surface area contributed by atoms with E-state index in [9.17, 15) is 9.18 Å². The molecule has 6 nitrogen and oxygen atoms in total. The van der Waals surface area contributed by atoms with E-state index in [1.165, 1.54) is 18.3 Å². The fourth-order valence-corrected chi connectivity index (χ4v) is 3.19. The second kappa shape index (κ2) is 6.47. The van der Waals surface area contributed by atoms with Gasteiger partial charge in [-0.15, -0.1) is 0 Å². The Labute approximate surface area is 155 Å². The van der Waals surface area contributed by atoms with E-state index in [2.05, 4.69) is 15.4 Å². The van der Waals surface area contributed by atoms with Crippen molar-refractivity contribution in [3.8, 4) is 17.3 Å². The van der Waals surface area contributed by atoms with Crippen LogP contribution in [-0.2, 0) is 0 Å². The standard InChI is InChI=1S/C20H18FN5O/c1-11-7-18(14-5-6-17(21)15(8-14)9-22)25-19-16(10-23-26(11)19)20(27)24-12(2)13-3-4-13/h5-8,10,12-13H,3-4H2,1-2H3,(H,24,27)/t12-/m0/s1. The Balaban J connectivity index is 1.76. The Kier molecular flexibility index (Phi) is 4.11. The average molecular weight is 363 g/mol. The highest BCUT2D eigenvalue weighted by Gasteiger charge is 2.30. The highest BCUT2D eigenvalue weighted by Crippen LogP contribution is 2.32. The summed E-state index contributed by atoms with van der Waals surface area (Å²) in [4.78, 5) is 17.2. The van der Waals surface area contributed by atoms with Gasteiger partial charge in [-0.3, -0.25) is 4.79 Å². The summed E-state index contributed by atoms with van der Waals surface area (Å²) in [6, 6.07) is 8.02. The molecule has 0 saturated heterocycles. The van der Waals surface area contributed by atoms with Crippen LogP contribution in [0.5, 0.6) is 0 Å². The van der Waals surface area contributed by atoms with E-state index in [1.54, 1.807) is 16.6 Å². The lowest BCUT2D eigenvalue weighted by atomic mass is 10.1. The predicted molar refractivity (Wildman–Crippen MR) is 97.5 cm³/mol. The number of benzene rings is 1. The summed E-state index contributed by atoms with van der Waals surface area (Å²) in [5, 5.41) is 16.3. The average Bonchev–Trinajstić information content (AvgIpc) is 3.41. The van der Waals surface area contributed by atoms with E-state index in [0.717, 1.165) is 18.5 Å². The molecule has 0 spiro atoms. The number of fused-ring (bicyclic) bond motifs is 1. The number of aryl methyl sites for hydroxylation is 1. The van der Waals surface area contributed by atoms with Gasteiger partial charge in [-0.05, 0) is 56.9 Å². The molecule has 1 amide bonds. The Hall–Kier alpha value is -3.27. The molecule has 1 aliphatic carbocycles. The van der Waals surface area contributed by atoms with Crippen molar-refractivity contribution in [1.29, 1.82) is 5.26 Å². The first kappa shape index (κ1) is 17.2. The zero-order chi connectivity index (χ0) is 19.1. The predicted octanol–water partition coefficient (Wildman–Crippen LogP) is 3.24. The van der Waals surface area contributed by atoms with Crippen LogP contribution in [0.3, 0.4) is 0 Å². The number of hydrogen-bond acceptors (Lipinski definition) is 4. The van der Waals surface area contributed by atoms with Crippen LogP contribution in [0.2, 0.25) is 0 Å². The summed E-state index contributed by atoms with van der Waals surface area (Å²) < 4.78 is 15.2. The van der Waals surface area contributed by atoms with E-state index >= 15 is 0 Å². The fraction of sp³-hybridized carbons (Fsp3) is 0.300. The summed E-state index contributed by atoms with van der Waals surface area (Å²) in [5.41, 5.74) is 2.74. The summed E-state index contributed by atoms with van der Waals surface area (Å²) in [6.07, 6.45) is 3.80.